The maximum absolute atomic E-state index is 11.8. The first-order chi connectivity index (χ1) is 11.0. The van der Waals surface area contributed by atoms with E-state index in [0.717, 1.165) is 43.4 Å². The van der Waals surface area contributed by atoms with Gasteiger partial charge in [-0.2, -0.15) is 0 Å². The molecule has 0 atom stereocenters. The van der Waals surface area contributed by atoms with Crippen LogP contribution in [0.2, 0.25) is 0 Å². The van der Waals surface area contributed by atoms with Crippen molar-refractivity contribution < 1.29 is 9.21 Å². The number of hydrogen-bond donors (Lipinski definition) is 3. The lowest BCUT2D eigenvalue weighted by Crippen LogP contribution is -2.39. The molecule has 0 radical (unpaired) electrons. The number of hydrogen-bond acceptors (Lipinski definition) is 3. The highest BCUT2D eigenvalue weighted by atomic mass is 127. The lowest BCUT2D eigenvalue weighted by Gasteiger charge is -2.12. The molecule has 0 saturated heterocycles. The van der Waals surface area contributed by atoms with Crippen LogP contribution in [0.4, 0.5) is 0 Å². The van der Waals surface area contributed by atoms with Gasteiger partial charge in [0.05, 0.1) is 6.26 Å². The zero-order valence-electron chi connectivity index (χ0n) is 15.1. The van der Waals surface area contributed by atoms with Gasteiger partial charge in [0.25, 0.3) is 5.91 Å². The average Bonchev–Trinajstić information content (AvgIpc) is 2.94. The Labute approximate surface area is 162 Å². The number of carbonyl (C=O) groups excluding carboxylic acids is 1. The van der Waals surface area contributed by atoms with Gasteiger partial charge in [0.1, 0.15) is 0 Å². The predicted octanol–water partition coefficient (Wildman–Crippen LogP) is 2.93. The molecule has 0 aliphatic heterocycles. The molecule has 1 aromatic rings. The molecule has 0 aliphatic carbocycles. The summed E-state index contributed by atoms with van der Waals surface area (Å²) in [4.78, 5) is 16.0. The van der Waals surface area contributed by atoms with Crippen molar-refractivity contribution in [3.05, 3.63) is 23.7 Å². The van der Waals surface area contributed by atoms with Crippen LogP contribution in [-0.2, 0) is 0 Å². The Bertz CT molecular complexity index is 501. The van der Waals surface area contributed by atoms with Crippen molar-refractivity contribution in [3.63, 3.8) is 0 Å². The first-order valence-electron chi connectivity index (χ1n) is 8.31. The number of amides is 1. The van der Waals surface area contributed by atoms with Crippen molar-refractivity contribution in [1.82, 2.24) is 16.0 Å². The van der Waals surface area contributed by atoms with Crippen molar-refractivity contribution in [3.8, 4) is 0 Å². The number of guanidine groups is 1. The van der Waals surface area contributed by atoms with E-state index in [1.165, 1.54) is 12.7 Å². The second-order valence-corrected chi connectivity index (χ2v) is 6.00. The van der Waals surface area contributed by atoms with Crippen LogP contribution < -0.4 is 16.0 Å². The van der Waals surface area contributed by atoms with Crippen LogP contribution >= 0.6 is 24.0 Å². The summed E-state index contributed by atoms with van der Waals surface area (Å²) in [5, 5.41) is 9.38. The van der Waals surface area contributed by atoms with Crippen molar-refractivity contribution in [2.45, 2.75) is 40.0 Å². The highest BCUT2D eigenvalue weighted by Crippen LogP contribution is 2.07. The van der Waals surface area contributed by atoms with Crippen LogP contribution in [0.1, 0.15) is 49.2 Å². The highest BCUT2D eigenvalue weighted by molar-refractivity contribution is 14.0. The Kier molecular flexibility index (Phi) is 12.4. The second kappa shape index (κ2) is 13.1. The average molecular weight is 450 g/mol. The number of rotatable bonds is 9. The monoisotopic (exact) mass is 450 g/mol. The van der Waals surface area contributed by atoms with Gasteiger partial charge in [-0.15, -0.1) is 24.0 Å². The molecular formula is C17H31IN4O2. The molecule has 7 heteroatoms. The first-order valence-corrected chi connectivity index (χ1v) is 8.31. The largest absolute Gasteiger partial charge is 0.459 e. The van der Waals surface area contributed by atoms with Crippen LogP contribution in [0.25, 0.3) is 0 Å². The summed E-state index contributed by atoms with van der Waals surface area (Å²) in [7, 11) is 1.76. The molecule has 0 aliphatic rings. The number of nitrogens with one attached hydrogen (secondary N) is 3. The minimum absolute atomic E-state index is 0. The zero-order chi connectivity index (χ0) is 17.1. The standard InChI is InChI=1S/C17H30N4O2.HI/c1-13(2)7-5-9-20-17(18-4)21-11-6-10-19-16(22)15-14(3)8-12-23-15;/h8,12-13H,5-7,9-11H2,1-4H3,(H,19,22)(H2,18,20,21);1H. The quantitative estimate of drug-likeness (QED) is 0.234. The van der Waals surface area contributed by atoms with Crippen molar-refractivity contribution in [2.24, 2.45) is 10.9 Å². The van der Waals surface area contributed by atoms with E-state index in [2.05, 4.69) is 34.8 Å². The molecule has 138 valence electrons. The van der Waals surface area contributed by atoms with Gasteiger partial charge >= 0.3 is 0 Å². The molecule has 1 amide bonds. The fourth-order valence-electron chi connectivity index (χ4n) is 2.12. The molecular weight excluding hydrogens is 419 g/mol. The summed E-state index contributed by atoms with van der Waals surface area (Å²) < 4.78 is 5.15. The van der Waals surface area contributed by atoms with Gasteiger partial charge in [-0.3, -0.25) is 9.79 Å². The molecule has 0 bridgehead atoms. The minimum atomic E-state index is -0.163. The van der Waals surface area contributed by atoms with Gasteiger partial charge in [-0.25, -0.2) is 0 Å². The van der Waals surface area contributed by atoms with Gasteiger partial charge < -0.3 is 20.4 Å². The molecule has 24 heavy (non-hydrogen) atoms. The third-order valence-corrected chi connectivity index (χ3v) is 3.47. The summed E-state index contributed by atoms with van der Waals surface area (Å²) in [5.41, 5.74) is 0.853. The summed E-state index contributed by atoms with van der Waals surface area (Å²) in [6, 6.07) is 1.78. The summed E-state index contributed by atoms with van der Waals surface area (Å²) in [6.45, 7) is 8.58. The zero-order valence-corrected chi connectivity index (χ0v) is 17.5. The molecule has 0 unspecified atom stereocenters. The topological polar surface area (TPSA) is 78.7 Å². The molecule has 1 rings (SSSR count). The van der Waals surface area contributed by atoms with Gasteiger partial charge in [-0.05, 0) is 38.2 Å². The number of aryl methyl sites for hydroxylation is 1. The van der Waals surface area contributed by atoms with Crippen LogP contribution in [0, 0.1) is 12.8 Å². The smallest absolute Gasteiger partial charge is 0.287 e. The van der Waals surface area contributed by atoms with Crippen LogP contribution in [-0.4, -0.2) is 38.5 Å². The van der Waals surface area contributed by atoms with Gasteiger partial charge in [0, 0.05) is 32.2 Å². The lowest BCUT2D eigenvalue weighted by atomic mass is 10.1. The lowest BCUT2D eigenvalue weighted by molar-refractivity contribution is 0.0925. The third-order valence-electron chi connectivity index (χ3n) is 3.47. The Morgan fingerprint density at radius 3 is 2.33 bits per heavy atom. The first kappa shape index (κ1) is 22.8. The van der Waals surface area contributed by atoms with Crippen molar-refractivity contribution >= 4 is 35.8 Å². The van der Waals surface area contributed by atoms with Crippen LogP contribution in [0.3, 0.4) is 0 Å². The number of carbonyl (C=O) groups is 1. The predicted molar refractivity (Wildman–Crippen MR) is 109 cm³/mol. The molecule has 0 fully saturated rings. The fraction of sp³-hybridized carbons (Fsp3) is 0.647. The van der Waals surface area contributed by atoms with E-state index in [4.69, 9.17) is 4.42 Å². The summed E-state index contributed by atoms with van der Waals surface area (Å²) >= 11 is 0. The van der Waals surface area contributed by atoms with Crippen LogP contribution in [0.5, 0.6) is 0 Å². The molecule has 0 aromatic carbocycles. The van der Waals surface area contributed by atoms with Crippen molar-refractivity contribution in [2.75, 3.05) is 26.7 Å². The fourth-order valence-corrected chi connectivity index (χ4v) is 2.12. The minimum Gasteiger partial charge on any atom is -0.459 e. The SMILES string of the molecule is CN=C(NCCCNC(=O)c1occc1C)NCCCC(C)C.I. The molecule has 0 saturated carbocycles. The number of halogens is 1. The van der Waals surface area contributed by atoms with Gasteiger partial charge in [0.2, 0.25) is 0 Å². The maximum atomic E-state index is 11.8. The summed E-state index contributed by atoms with van der Waals surface area (Å²) in [6.07, 6.45) is 4.69. The molecule has 0 spiro atoms. The van der Waals surface area contributed by atoms with Crippen LogP contribution in [0.15, 0.2) is 21.7 Å². The molecule has 3 N–H and O–H groups in total. The van der Waals surface area contributed by atoms with E-state index in [1.807, 2.05) is 6.92 Å². The highest BCUT2D eigenvalue weighted by Gasteiger charge is 2.11. The van der Waals surface area contributed by atoms with E-state index in [-0.39, 0.29) is 29.9 Å². The van der Waals surface area contributed by atoms with E-state index < -0.39 is 0 Å². The number of aliphatic imine (C=N–C) groups is 1. The van der Waals surface area contributed by atoms with Gasteiger partial charge in [0.15, 0.2) is 11.7 Å². The third kappa shape index (κ3) is 9.14. The van der Waals surface area contributed by atoms with E-state index in [0.29, 0.717) is 12.3 Å². The Morgan fingerprint density at radius 1 is 1.17 bits per heavy atom. The van der Waals surface area contributed by atoms with E-state index >= 15 is 0 Å². The normalized spacial score (nSPS) is 11.1. The second-order valence-electron chi connectivity index (χ2n) is 6.00. The molecule has 6 nitrogen and oxygen atoms in total. The Balaban J connectivity index is 0.00000529. The maximum Gasteiger partial charge on any atom is 0.287 e. The number of furan rings is 1. The molecule has 1 heterocycles. The molecule has 1 aromatic heterocycles. The van der Waals surface area contributed by atoms with Crippen molar-refractivity contribution in [1.29, 1.82) is 0 Å². The summed E-state index contributed by atoms with van der Waals surface area (Å²) in [5.74, 6) is 1.76. The Hall–Kier alpha value is -1.25. The number of nitrogens with zero attached hydrogens (tertiary/aromatic N) is 1. The van der Waals surface area contributed by atoms with E-state index in [1.54, 1.807) is 13.1 Å². The van der Waals surface area contributed by atoms with Gasteiger partial charge in [-0.1, -0.05) is 13.8 Å². The van der Waals surface area contributed by atoms with E-state index in [9.17, 15) is 4.79 Å². The Morgan fingerprint density at radius 2 is 1.79 bits per heavy atom.